The van der Waals surface area contributed by atoms with Crippen LogP contribution in [0.5, 0.6) is 0 Å². The van der Waals surface area contributed by atoms with Crippen molar-refractivity contribution >= 4 is 52.6 Å². The van der Waals surface area contributed by atoms with Crippen molar-refractivity contribution in [3.8, 4) is 0 Å². The second-order valence-corrected chi connectivity index (χ2v) is 6.86. The van der Waals surface area contributed by atoms with E-state index in [2.05, 4.69) is 5.32 Å². The summed E-state index contributed by atoms with van der Waals surface area (Å²) in [6.45, 7) is 3.80. The Labute approximate surface area is 166 Å². The number of amides is 1. The number of esters is 1. The van der Waals surface area contributed by atoms with Gasteiger partial charge in [0.15, 0.2) is 8.83 Å². The molecule has 2 aromatic rings. The number of carbonyl (C=O) groups excluding carboxylic acids is 2. The van der Waals surface area contributed by atoms with Crippen molar-refractivity contribution in [1.82, 2.24) is 4.57 Å². The summed E-state index contributed by atoms with van der Waals surface area (Å²) in [5.74, 6) is -1.49. The molecule has 1 heterocycles. The minimum absolute atomic E-state index is 0.0574. The summed E-state index contributed by atoms with van der Waals surface area (Å²) < 4.78 is 6.74. The molecule has 0 saturated heterocycles. The molecule has 1 N–H and O–H groups in total. The first kappa shape index (κ1) is 21.1. The number of thiazole rings is 1. The van der Waals surface area contributed by atoms with Gasteiger partial charge in [-0.25, -0.2) is 4.79 Å². The van der Waals surface area contributed by atoms with Gasteiger partial charge in [-0.3, -0.25) is 25.0 Å². The Balaban J connectivity index is 2.50. The standard InChI is InChI=1S/C15H14N4O7S2/c1-3-17-12(11(28-15(17)27)14(21)26-4-2)16-13(20)8-5-9(18(22)23)7-10(6-8)19(24)25/h5-7H,3-4H2,1-2H3,(H,16,20). The van der Waals surface area contributed by atoms with Crippen molar-refractivity contribution in [2.75, 3.05) is 11.9 Å². The molecule has 0 radical (unpaired) electrons. The van der Waals surface area contributed by atoms with Crippen LogP contribution < -0.4 is 5.32 Å². The lowest BCUT2D eigenvalue weighted by Crippen LogP contribution is -2.18. The number of carbonyl (C=O) groups is 2. The molecule has 2 rings (SSSR count). The van der Waals surface area contributed by atoms with E-state index in [9.17, 15) is 29.8 Å². The maximum atomic E-state index is 12.6. The summed E-state index contributed by atoms with van der Waals surface area (Å²) in [5, 5.41) is 24.5. The molecule has 0 spiro atoms. The molecule has 0 unspecified atom stereocenters. The third kappa shape index (κ3) is 4.37. The van der Waals surface area contributed by atoms with Gasteiger partial charge in [-0.2, -0.15) is 0 Å². The van der Waals surface area contributed by atoms with Crippen LogP contribution in [0.3, 0.4) is 0 Å². The van der Waals surface area contributed by atoms with Gasteiger partial charge in [0.2, 0.25) is 0 Å². The van der Waals surface area contributed by atoms with Crippen molar-refractivity contribution in [2.45, 2.75) is 20.4 Å². The molecule has 0 aliphatic heterocycles. The van der Waals surface area contributed by atoms with Crippen LogP contribution in [-0.4, -0.2) is 32.9 Å². The van der Waals surface area contributed by atoms with Crippen molar-refractivity contribution in [3.63, 3.8) is 0 Å². The number of hydrogen-bond acceptors (Lipinski definition) is 9. The zero-order valence-corrected chi connectivity index (χ0v) is 16.3. The molecule has 0 aliphatic carbocycles. The average Bonchev–Trinajstić information content (AvgIpc) is 2.96. The Morgan fingerprint density at radius 2 is 1.75 bits per heavy atom. The van der Waals surface area contributed by atoms with Gasteiger partial charge in [0.25, 0.3) is 17.3 Å². The number of aromatic nitrogens is 1. The van der Waals surface area contributed by atoms with E-state index in [-0.39, 0.29) is 22.9 Å². The number of ether oxygens (including phenoxy) is 1. The van der Waals surface area contributed by atoms with Gasteiger partial charge in [-0.15, -0.1) is 0 Å². The molecule has 0 atom stereocenters. The predicted octanol–water partition coefficient (Wildman–Crippen LogP) is 3.54. The highest BCUT2D eigenvalue weighted by Gasteiger charge is 2.24. The molecule has 1 aromatic carbocycles. The Bertz CT molecular complexity index is 996. The Hall–Kier alpha value is -3.19. The van der Waals surface area contributed by atoms with Crippen LogP contribution in [0.25, 0.3) is 0 Å². The van der Waals surface area contributed by atoms with Gasteiger partial charge in [-0.1, -0.05) is 11.3 Å². The normalized spacial score (nSPS) is 10.4. The highest BCUT2D eigenvalue weighted by atomic mass is 32.1. The quantitative estimate of drug-likeness (QED) is 0.306. The Morgan fingerprint density at radius 3 is 2.21 bits per heavy atom. The number of hydrogen-bond donors (Lipinski definition) is 1. The molecular weight excluding hydrogens is 412 g/mol. The van der Waals surface area contributed by atoms with E-state index >= 15 is 0 Å². The maximum Gasteiger partial charge on any atom is 0.352 e. The van der Waals surface area contributed by atoms with Crippen molar-refractivity contribution in [3.05, 3.63) is 52.8 Å². The number of benzene rings is 1. The van der Waals surface area contributed by atoms with Gasteiger partial charge in [-0.05, 0) is 26.1 Å². The first-order valence-electron chi connectivity index (χ1n) is 7.85. The van der Waals surface area contributed by atoms with Crippen LogP contribution in [0.1, 0.15) is 33.9 Å². The molecule has 11 nitrogen and oxygen atoms in total. The number of non-ortho nitro benzene ring substituents is 2. The second kappa shape index (κ2) is 8.67. The van der Waals surface area contributed by atoms with E-state index in [0.717, 1.165) is 29.5 Å². The first-order chi connectivity index (χ1) is 13.2. The van der Waals surface area contributed by atoms with Crippen LogP contribution in [-0.2, 0) is 11.3 Å². The van der Waals surface area contributed by atoms with Gasteiger partial charge >= 0.3 is 5.97 Å². The fraction of sp³-hybridized carbons (Fsp3) is 0.267. The predicted molar refractivity (Wildman–Crippen MR) is 102 cm³/mol. The van der Waals surface area contributed by atoms with Crippen LogP contribution in [0.15, 0.2) is 18.2 Å². The number of nitrogens with one attached hydrogen (secondary N) is 1. The lowest BCUT2D eigenvalue weighted by atomic mass is 10.1. The van der Waals surface area contributed by atoms with Crippen LogP contribution in [0, 0.1) is 24.2 Å². The smallest absolute Gasteiger partial charge is 0.352 e. The topological polar surface area (TPSA) is 147 Å². The lowest BCUT2D eigenvalue weighted by Gasteiger charge is -2.10. The largest absolute Gasteiger partial charge is 0.462 e. The maximum absolute atomic E-state index is 12.6. The fourth-order valence-electron chi connectivity index (χ4n) is 2.27. The number of rotatable bonds is 7. The molecule has 1 aromatic heterocycles. The van der Waals surface area contributed by atoms with Gasteiger partial charge in [0.05, 0.1) is 28.1 Å². The van der Waals surface area contributed by atoms with Crippen molar-refractivity contribution in [1.29, 1.82) is 0 Å². The molecular formula is C15H14N4O7S2. The van der Waals surface area contributed by atoms with Crippen LogP contribution in [0.4, 0.5) is 17.2 Å². The van der Waals surface area contributed by atoms with E-state index in [1.165, 1.54) is 4.57 Å². The average molecular weight is 426 g/mol. The van der Waals surface area contributed by atoms with Crippen molar-refractivity contribution in [2.24, 2.45) is 0 Å². The Morgan fingerprint density at radius 1 is 1.18 bits per heavy atom. The summed E-state index contributed by atoms with van der Waals surface area (Å²) in [5.41, 5.74) is -1.53. The van der Waals surface area contributed by atoms with Gasteiger partial charge in [0.1, 0.15) is 5.82 Å². The number of nitrogens with zero attached hydrogens (tertiary/aromatic N) is 3. The number of anilines is 1. The van der Waals surface area contributed by atoms with Gasteiger partial charge < -0.3 is 14.6 Å². The van der Waals surface area contributed by atoms with E-state index in [1.54, 1.807) is 13.8 Å². The fourth-order valence-corrected chi connectivity index (χ4v) is 3.64. The zero-order valence-electron chi connectivity index (χ0n) is 14.7. The summed E-state index contributed by atoms with van der Waals surface area (Å²) >= 11 is 6.13. The lowest BCUT2D eigenvalue weighted by molar-refractivity contribution is -0.394. The molecule has 28 heavy (non-hydrogen) atoms. The van der Waals surface area contributed by atoms with Gasteiger partial charge in [0, 0.05) is 18.7 Å². The van der Waals surface area contributed by atoms with E-state index in [4.69, 9.17) is 17.0 Å². The summed E-state index contributed by atoms with van der Waals surface area (Å²) in [7, 11) is 0. The highest BCUT2D eigenvalue weighted by molar-refractivity contribution is 7.73. The molecule has 13 heteroatoms. The zero-order chi connectivity index (χ0) is 21.0. The monoisotopic (exact) mass is 426 g/mol. The first-order valence-corrected chi connectivity index (χ1v) is 9.08. The number of nitro benzene ring substituents is 2. The number of nitro groups is 2. The summed E-state index contributed by atoms with van der Waals surface area (Å²) in [4.78, 5) is 45.2. The molecule has 0 fully saturated rings. The minimum atomic E-state index is -0.868. The molecule has 0 bridgehead atoms. The highest BCUT2D eigenvalue weighted by Crippen LogP contribution is 2.28. The second-order valence-electron chi connectivity index (χ2n) is 5.22. The van der Waals surface area contributed by atoms with Crippen LogP contribution in [0.2, 0.25) is 0 Å². The third-order valence-electron chi connectivity index (χ3n) is 3.49. The Kier molecular flexibility index (Phi) is 6.53. The van der Waals surface area contributed by atoms with Crippen LogP contribution >= 0.6 is 23.6 Å². The van der Waals surface area contributed by atoms with E-state index in [1.807, 2.05) is 0 Å². The van der Waals surface area contributed by atoms with Crippen molar-refractivity contribution < 1.29 is 24.2 Å². The summed E-state index contributed by atoms with van der Waals surface area (Å²) in [6, 6.07) is 2.56. The SMILES string of the molecule is CCOC(=O)c1sc(=S)n(CC)c1NC(=O)c1cc([N+](=O)[O-])cc([N+](=O)[O-])c1. The molecule has 0 saturated carbocycles. The molecule has 1 amide bonds. The van der Waals surface area contributed by atoms with E-state index in [0.29, 0.717) is 10.5 Å². The van der Waals surface area contributed by atoms with E-state index < -0.39 is 33.1 Å². The molecule has 0 aliphatic rings. The summed E-state index contributed by atoms with van der Waals surface area (Å²) in [6.07, 6.45) is 0. The third-order valence-corrected chi connectivity index (χ3v) is 4.92. The minimum Gasteiger partial charge on any atom is -0.462 e. The molecule has 148 valence electrons.